The average Bonchev–Trinajstić information content (AvgIpc) is 3.25. The molecule has 7 nitrogen and oxygen atoms in total. The molecule has 1 N–H and O–H groups in total. The Morgan fingerprint density at radius 3 is 2.32 bits per heavy atom. The molecule has 0 atom stereocenters. The van der Waals surface area contributed by atoms with Gasteiger partial charge in [-0.25, -0.2) is 14.5 Å². The molecule has 0 amide bonds. The molecule has 3 rings (SSSR count). The fraction of sp³-hybridized carbons (Fsp3) is 0.444. The maximum Gasteiger partial charge on any atom is 0.335 e. The molecule has 7 heteroatoms. The molecular weight excluding hydrogens is 430 g/mol. The largest absolute Gasteiger partial charge is 0.478 e. The number of benzene rings is 2. The van der Waals surface area contributed by atoms with Crippen LogP contribution in [0.25, 0.3) is 0 Å². The minimum atomic E-state index is -0.935. The van der Waals surface area contributed by atoms with Crippen molar-refractivity contribution in [3.05, 3.63) is 82.4 Å². The van der Waals surface area contributed by atoms with Crippen LogP contribution in [0.3, 0.4) is 0 Å². The van der Waals surface area contributed by atoms with Gasteiger partial charge in [0.2, 0.25) is 11.6 Å². The number of carboxylic acid groups (broad SMARTS) is 1. The third kappa shape index (κ3) is 6.10. The van der Waals surface area contributed by atoms with Gasteiger partial charge in [0.1, 0.15) is 5.82 Å². The van der Waals surface area contributed by atoms with Crippen LogP contribution in [0.4, 0.5) is 0 Å². The van der Waals surface area contributed by atoms with Crippen LogP contribution in [0.1, 0.15) is 78.2 Å². The van der Waals surface area contributed by atoms with E-state index in [1.807, 2.05) is 10.7 Å². The number of nitrogens with zero attached hydrogens (tertiary/aromatic N) is 3. The van der Waals surface area contributed by atoms with Gasteiger partial charge in [-0.05, 0) is 41.7 Å². The highest BCUT2D eigenvalue weighted by Gasteiger charge is 2.36. The summed E-state index contributed by atoms with van der Waals surface area (Å²) in [4.78, 5) is 16.1. The summed E-state index contributed by atoms with van der Waals surface area (Å²) in [5, 5.41) is 14.0. The molecule has 1 heterocycles. The zero-order valence-electron chi connectivity index (χ0n) is 20.6. The molecule has 0 aliphatic rings. The van der Waals surface area contributed by atoms with Crippen LogP contribution in [0.15, 0.2) is 48.5 Å². The first-order chi connectivity index (χ1) is 16.4. The van der Waals surface area contributed by atoms with Crippen LogP contribution >= 0.6 is 0 Å². The second-order valence-electron chi connectivity index (χ2n) is 8.52. The third-order valence-electron chi connectivity index (χ3n) is 6.02. The van der Waals surface area contributed by atoms with Gasteiger partial charge in [-0.2, -0.15) is 0 Å². The smallest absolute Gasteiger partial charge is 0.335 e. The molecule has 0 fully saturated rings. The third-order valence-corrected chi connectivity index (χ3v) is 6.02. The monoisotopic (exact) mass is 465 g/mol. The van der Waals surface area contributed by atoms with E-state index in [1.165, 1.54) is 0 Å². The molecule has 0 radical (unpaired) electrons. The van der Waals surface area contributed by atoms with Crippen molar-refractivity contribution in [3.8, 4) is 0 Å². The summed E-state index contributed by atoms with van der Waals surface area (Å²) in [6.45, 7) is 4.86. The molecule has 0 bridgehead atoms. The summed E-state index contributed by atoms with van der Waals surface area (Å²) in [6.07, 6.45) is 5.20. The Morgan fingerprint density at radius 2 is 1.71 bits per heavy atom. The molecule has 1 aromatic heterocycles. The van der Waals surface area contributed by atoms with Gasteiger partial charge in [0.15, 0.2) is 0 Å². The lowest BCUT2D eigenvalue weighted by Crippen LogP contribution is -2.32. The molecule has 0 spiro atoms. The Labute approximate surface area is 201 Å². The Kier molecular flexibility index (Phi) is 8.96. The number of methoxy groups -OCH3 is 2. The van der Waals surface area contributed by atoms with Gasteiger partial charge in [-0.3, -0.25) is 0 Å². The standard InChI is InChI=1S/C27H35N3O4/c1-5-7-11-24-28-26(27(33-3,34-4)16-6-2)29-30(24)19-21-14-12-20(13-15-21)17-22-9-8-10-23(18-22)25(31)32/h8-10,12-15,18H,5-7,11,16-17,19H2,1-4H3,(H,31,32). The summed E-state index contributed by atoms with van der Waals surface area (Å²) in [5.74, 6) is -0.343. The average molecular weight is 466 g/mol. The maximum atomic E-state index is 11.2. The number of hydrogen-bond acceptors (Lipinski definition) is 5. The van der Waals surface area contributed by atoms with Crippen molar-refractivity contribution in [2.45, 2.75) is 64.7 Å². The van der Waals surface area contributed by atoms with Gasteiger partial charge in [0, 0.05) is 27.1 Å². The minimum absolute atomic E-state index is 0.307. The Morgan fingerprint density at radius 1 is 1.00 bits per heavy atom. The predicted molar refractivity (Wildman–Crippen MR) is 131 cm³/mol. The lowest BCUT2D eigenvalue weighted by molar-refractivity contribution is -0.225. The second-order valence-corrected chi connectivity index (χ2v) is 8.52. The van der Waals surface area contributed by atoms with Crippen LogP contribution in [-0.2, 0) is 34.6 Å². The lowest BCUT2D eigenvalue weighted by Gasteiger charge is -2.27. The van der Waals surface area contributed by atoms with Crippen LogP contribution in [0.2, 0.25) is 0 Å². The number of ether oxygens (including phenoxy) is 2. The number of aryl methyl sites for hydroxylation is 1. The van der Waals surface area contributed by atoms with E-state index in [4.69, 9.17) is 19.6 Å². The van der Waals surface area contributed by atoms with Crippen LogP contribution in [0, 0.1) is 0 Å². The molecule has 0 unspecified atom stereocenters. The first-order valence-electron chi connectivity index (χ1n) is 11.9. The van der Waals surface area contributed by atoms with Gasteiger partial charge in [-0.15, -0.1) is 5.10 Å². The molecule has 34 heavy (non-hydrogen) atoms. The Bertz CT molecular complexity index is 1070. The molecule has 3 aromatic rings. The van der Waals surface area contributed by atoms with E-state index in [2.05, 4.69) is 38.1 Å². The van der Waals surface area contributed by atoms with Crippen molar-refractivity contribution in [1.29, 1.82) is 0 Å². The number of rotatable bonds is 13. The highest BCUT2D eigenvalue weighted by Crippen LogP contribution is 2.29. The second kappa shape index (κ2) is 11.9. The number of carbonyl (C=O) groups is 1. The van der Waals surface area contributed by atoms with Crippen molar-refractivity contribution >= 4 is 5.97 Å². The van der Waals surface area contributed by atoms with Crippen molar-refractivity contribution in [1.82, 2.24) is 14.8 Å². The number of carboxylic acids is 1. The van der Waals surface area contributed by atoms with E-state index < -0.39 is 11.8 Å². The van der Waals surface area contributed by atoms with Gasteiger partial charge in [0.25, 0.3) is 0 Å². The number of hydrogen-bond donors (Lipinski definition) is 1. The molecule has 0 aliphatic carbocycles. The fourth-order valence-corrected chi connectivity index (χ4v) is 4.08. The van der Waals surface area contributed by atoms with Gasteiger partial charge in [-0.1, -0.05) is 63.1 Å². The first kappa shape index (κ1) is 25.6. The molecule has 2 aromatic carbocycles. The number of aromatic carboxylic acids is 1. The van der Waals surface area contributed by atoms with Gasteiger partial charge in [0.05, 0.1) is 12.1 Å². The van der Waals surface area contributed by atoms with E-state index >= 15 is 0 Å². The van der Waals surface area contributed by atoms with Crippen molar-refractivity contribution in [3.63, 3.8) is 0 Å². The molecular formula is C27H35N3O4. The van der Waals surface area contributed by atoms with Crippen LogP contribution < -0.4 is 0 Å². The summed E-state index contributed by atoms with van der Waals surface area (Å²) < 4.78 is 13.4. The summed E-state index contributed by atoms with van der Waals surface area (Å²) in [6, 6.07) is 15.4. The topological polar surface area (TPSA) is 86.5 Å². The maximum absolute atomic E-state index is 11.2. The number of unbranched alkanes of at least 4 members (excludes halogenated alkanes) is 1. The van der Waals surface area contributed by atoms with Crippen molar-refractivity contribution in [2.75, 3.05) is 14.2 Å². The minimum Gasteiger partial charge on any atom is -0.478 e. The first-order valence-corrected chi connectivity index (χ1v) is 11.9. The van der Waals surface area contributed by atoms with E-state index in [0.29, 0.717) is 30.8 Å². The highest BCUT2D eigenvalue weighted by atomic mass is 16.7. The van der Waals surface area contributed by atoms with E-state index in [1.54, 1.807) is 32.4 Å². The predicted octanol–water partition coefficient (Wildman–Crippen LogP) is 5.20. The Balaban J connectivity index is 1.80. The number of aromatic nitrogens is 3. The normalized spacial score (nSPS) is 11.6. The van der Waals surface area contributed by atoms with E-state index in [9.17, 15) is 9.90 Å². The quantitative estimate of drug-likeness (QED) is 0.349. The van der Waals surface area contributed by atoms with Crippen molar-refractivity contribution in [2.24, 2.45) is 0 Å². The zero-order valence-corrected chi connectivity index (χ0v) is 20.6. The lowest BCUT2D eigenvalue weighted by atomic mass is 10.0. The van der Waals surface area contributed by atoms with Crippen LogP contribution in [0.5, 0.6) is 0 Å². The molecule has 0 aliphatic heterocycles. The molecule has 0 saturated carbocycles. The summed E-state index contributed by atoms with van der Waals surface area (Å²) in [7, 11) is 3.27. The Hall–Kier alpha value is -3.03. The highest BCUT2D eigenvalue weighted by molar-refractivity contribution is 5.87. The van der Waals surface area contributed by atoms with Crippen LogP contribution in [-0.4, -0.2) is 40.1 Å². The SMILES string of the molecule is CCCCc1nc(C(CCC)(OC)OC)nn1Cc1ccc(Cc2cccc(C(=O)O)c2)cc1. The summed E-state index contributed by atoms with van der Waals surface area (Å²) >= 11 is 0. The van der Waals surface area contributed by atoms with E-state index in [0.717, 1.165) is 48.2 Å². The molecule has 182 valence electrons. The fourth-order valence-electron chi connectivity index (χ4n) is 4.08. The summed E-state index contributed by atoms with van der Waals surface area (Å²) in [5.41, 5.74) is 3.52. The molecule has 0 saturated heterocycles. The van der Waals surface area contributed by atoms with Gasteiger partial charge < -0.3 is 14.6 Å². The zero-order chi connectivity index (χ0) is 24.6. The van der Waals surface area contributed by atoms with Gasteiger partial charge >= 0.3 is 5.97 Å². The van der Waals surface area contributed by atoms with E-state index in [-0.39, 0.29) is 0 Å². The van der Waals surface area contributed by atoms with Crippen molar-refractivity contribution < 1.29 is 19.4 Å².